The highest BCUT2D eigenvalue weighted by Crippen LogP contribution is 1.96. The predicted molar refractivity (Wildman–Crippen MR) is 76.3 cm³/mol. The molecule has 0 radical (unpaired) electrons. The monoisotopic (exact) mass is 273 g/mol. The van der Waals surface area contributed by atoms with E-state index < -0.39 is 18.4 Å². The highest BCUT2D eigenvalue weighted by atomic mass is 16.4. The number of hydrogen-bond donors (Lipinski definition) is 2. The second kappa shape index (κ2) is 13.1. The van der Waals surface area contributed by atoms with Crippen molar-refractivity contribution in [1.29, 1.82) is 0 Å². The van der Waals surface area contributed by atoms with Gasteiger partial charge in [-0.2, -0.15) is 0 Å². The lowest BCUT2D eigenvalue weighted by Crippen LogP contribution is -2.25. The van der Waals surface area contributed by atoms with Crippen molar-refractivity contribution in [2.75, 3.05) is 19.6 Å². The Kier molecular flexibility index (Phi) is 13.7. The van der Waals surface area contributed by atoms with Gasteiger partial charge < -0.3 is 15.1 Å². The van der Waals surface area contributed by atoms with E-state index in [1.54, 1.807) is 0 Å². The lowest BCUT2D eigenvalue weighted by atomic mass is 10.2. The molecule has 0 saturated carbocycles. The Morgan fingerprint density at radius 1 is 0.947 bits per heavy atom. The van der Waals surface area contributed by atoms with Crippen LogP contribution in [0, 0.1) is 0 Å². The van der Waals surface area contributed by atoms with E-state index in [0.717, 1.165) is 0 Å². The van der Waals surface area contributed by atoms with Crippen molar-refractivity contribution in [3.63, 3.8) is 0 Å². The van der Waals surface area contributed by atoms with E-state index in [-0.39, 0.29) is 5.57 Å². The fourth-order valence-corrected chi connectivity index (χ4v) is 1.54. The van der Waals surface area contributed by atoms with Gasteiger partial charge in [0.25, 0.3) is 0 Å². The van der Waals surface area contributed by atoms with Crippen LogP contribution in [0.3, 0.4) is 0 Å². The number of carbonyl (C=O) groups is 2. The zero-order valence-corrected chi connectivity index (χ0v) is 12.3. The van der Waals surface area contributed by atoms with Crippen LogP contribution in [0.4, 0.5) is 0 Å². The Bertz CT molecular complexity index is 262. The molecule has 0 aromatic rings. The normalized spacial score (nSPS) is 9.68. The van der Waals surface area contributed by atoms with Gasteiger partial charge in [0.05, 0.1) is 6.42 Å². The van der Waals surface area contributed by atoms with Gasteiger partial charge in [0, 0.05) is 5.57 Å². The molecule has 0 atom stereocenters. The van der Waals surface area contributed by atoms with Gasteiger partial charge in [-0.3, -0.25) is 4.79 Å². The summed E-state index contributed by atoms with van der Waals surface area (Å²) in [4.78, 5) is 22.2. The largest absolute Gasteiger partial charge is 0.481 e. The molecule has 0 rings (SSSR count). The second-order valence-corrected chi connectivity index (χ2v) is 4.32. The summed E-state index contributed by atoms with van der Waals surface area (Å²) in [5.74, 6) is -2.44. The molecule has 2 N–H and O–H groups in total. The molecule has 112 valence electrons. The van der Waals surface area contributed by atoms with E-state index in [2.05, 4.69) is 32.3 Å². The Morgan fingerprint density at radius 3 is 1.47 bits per heavy atom. The first kappa shape index (κ1) is 20.0. The fourth-order valence-electron chi connectivity index (χ4n) is 1.54. The second-order valence-electron chi connectivity index (χ2n) is 4.32. The predicted octanol–water partition coefficient (Wildman–Crippen LogP) is 2.62. The van der Waals surface area contributed by atoms with Crippen molar-refractivity contribution in [3.05, 3.63) is 12.2 Å². The first-order valence-corrected chi connectivity index (χ1v) is 6.74. The van der Waals surface area contributed by atoms with E-state index in [0.29, 0.717) is 0 Å². The van der Waals surface area contributed by atoms with Crippen LogP contribution in [0.1, 0.15) is 46.5 Å². The SMILES string of the molecule is C=C(CC(=O)O)C(=O)O.CCCN(CCC)CCC. The highest BCUT2D eigenvalue weighted by molar-refractivity contribution is 5.91. The molecule has 0 aromatic carbocycles. The van der Waals surface area contributed by atoms with Crippen LogP contribution in [0.2, 0.25) is 0 Å². The van der Waals surface area contributed by atoms with Gasteiger partial charge in [-0.25, -0.2) is 4.79 Å². The summed E-state index contributed by atoms with van der Waals surface area (Å²) in [6, 6.07) is 0. The fraction of sp³-hybridized carbons (Fsp3) is 0.714. The van der Waals surface area contributed by atoms with E-state index in [4.69, 9.17) is 10.2 Å². The number of rotatable bonds is 9. The molecule has 0 amide bonds. The Hall–Kier alpha value is -1.36. The summed E-state index contributed by atoms with van der Waals surface area (Å²) in [6.07, 6.45) is 3.37. The maximum atomic E-state index is 9.87. The lowest BCUT2D eigenvalue weighted by molar-refractivity contribution is -0.139. The lowest BCUT2D eigenvalue weighted by Gasteiger charge is -2.19. The maximum Gasteiger partial charge on any atom is 0.331 e. The van der Waals surface area contributed by atoms with Gasteiger partial charge in [0.1, 0.15) is 0 Å². The zero-order chi connectivity index (χ0) is 15.3. The molecule has 0 aliphatic rings. The minimum absolute atomic E-state index is 0.303. The molecule has 5 nitrogen and oxygen atoms in total. The third-order valence-corrected chi connectivity index (χ3v) is 2.29. The minimum Gasteiger partial charge on any atom is -0.481 e. The number of carboxylic acids is 2. The Balaban J connectivity index is 0. The van der Waals surface area contributed by atoms with Crippen molar-refractivity contribution < 1.29 is 19.8 Å². The summed E-state index contributed by atoms with van der Waals surface area (Å²) in [7, 11) is 0. The number of nitrogens with zero attached hydrogens (tertiary/aromatic N) is 1. The molecule has 0 aliphatic heterocycles. The van der Waals surface area contributed by atoms with Crippen molar-refractivity contribution in [2.24, 2.45) is 0 Å². The summed E-state index contributed by atoms with van der Waals surface area (Å²) in [6.45, 7) is 13.6. The van der Waals surface area contributed by atoms with Crippen LogP contribution >= 0.6 is 0 Å². The maximum absolute atomic E-state index is 9.87. The third kappa shape index (κ3) is 14.6. The van der Waals surface area contributed by atoms with Crippen LogP contribution in [0.15, 0.2) is 12.2 Å². The van der Waals surface area contributed by atoms with E-state index in [1.807, 2.05) is 0 Å². The number of carboxylic acid groups (broad SMARTS) is 2. The summed E-state index contributed by atoms with van der Waals surface area (Å²) in [5, 5.41) is 16.1. The van der Waals surface area contributed by atoms with Crippen LogP contribution in [-0.2, 0) is 9.59 Å². The molecule has 0 saturated heterocycles. The summed E-state index contributed by atoms with van der Waals surface area (Å²) in [5.41, 5.74) is -0.303. The van der Waals surface area contributed by atoms with Crippen molar-refractivity contribution in [3.8, 4) is 0 Å². The topological polar surface area (TPSA) is 77.8 Å². The van der Waals surface area contributed by atoms with Crippen molar-refractivity contribution in [1.82, 2.24) is 4.90 Å². The molecular weight excluding hydrogens is 246 g/mol. The van der Waals surface area contributed by atoms with E-state index >= 15 is 0 Å². The molecule has 5 heteroatoms. The molecule has 0 heterocycles. The molecule has 0 aromatic heterocycles. The summed E-state index contributed by atoms with van der Waals surface area (Å²) >= 11 is 0. The van der Waals surface area contributed by atoms with E-state index in [9.17, 15) is 9.59 Å². The molecule has 0 unspecified atom stereocenters. The zero-order valence-electron chi connectivity index (χ0n) is 12.3. The minimum atomic E-state index is -1.27. The number of hydrogen-bond acceptors (Lipinski definition) is 3. The molecule has 0 bridgehead atoms. The molecule has 19 heavy (non-hydrogen) atoms. The Morgan fingerprint density at radius 2 is 1.32 bits per heavy atom. The number of aliphatic carboxylic acids is 2. The van der Waals surface area contributed by atoms with Crippen LogP contribution in [-0.4, -0.2) is 46.7 Å². The first-order chi connectivity index (χ1) is 8.88. The van der Waals surface area contributed by atoms with Crippen molar-refractivity contribution in [2.45, 2.75) is 46.5 Å². The smallest absolute Gasteiger partial charge is 0.331 e. The van der Waals surface area contributed by atoms with Crippen molar-refractivity contribution >= 4 is 11.9 Å². The van der Waals surface area contributed by atoms with Crippen LogP contribution in [0.25, 0.3) is 0 Å². The van der Waals surface area contributed by atoms with Crippen LogP contribution < -0.4 is 0 Å². The Labute approximate surface area is 115 Å². The molecule has 0 spiro atoms. The van der Waals surface area contributed by atoms with Gasteiger partial charge in [0.15, 0.2) is 0 Å². The van der Waals surface area contributed by atoms with Gasteiger partial charge in [-0.15, -0.1) is 0 Å². The highest BCUT2D eigenvalue weighted by Gasteiger charge is 2.07. The molecular formula is C14H27NO4. The van der Waals surface area contributed by atoms with Gasteiger partial charge in [-0.05, 0) is 38.9 Å². The first-order valence-electron chi connectivity index (χ1n) is 6.74. The van der Waals surface area contributed by atoms with Gasteiger partial charge in [-0.1, -0.05) is 27.4 Å². The molecule has 0 fully saturated rings. The third-order valence-electron chi connectivity index (χ3n) is 2.29. The summed E-state index contributed by atoms with van der Waals surface area (Å²) < 4.78 is 0. The average Bonchev–Trinajstić information content (AvgIpc) is 2.30. The molecule has 0 aliphatic carbocycles. The average molecular weight is 273 g/mol. The van der Waals surface area contributed by atoms with Crippen LogP contribution in [0.5, 0.6) is 0 Å². The van der Waals surface area contributed by atoms with Gasteiger partial charge >= 0.3 is 11.9 Å². The standard InChI is InChI=1S/C9H21N.C5H6O4/c1-4-7-10(8-5-2)9-6-3;1-3(5(8)9)2-4(6)7/h4-9H2,1-3H3;1-2H2,(H,6,7)(H,8,9). The quantitative estimate of drug-likeness (QED) is 0.631. The van der Waals surface area contributed by atoms with E-state index in [1.165, 1.54) is 38.9 Å². The van der Waals surface area contributed by atoms with Gasteiger partial charge in [0.2, 0.25) is 0 Å².